The van der Waals surface area contributed by atoms with Gasteiger partial charge in [-0.05, 0) is 37.5 Å². The number of aromatic nitrogens is 3. The van der Waals surface area contributed by atoms with Crippen LogP contribution < -0.4 is 0 Å². The number of aryl methyl sites for hydroxylation is 3. The topological polar surface area (TPSA) is 38.7 Å². The molecule has 0 bridgehead atoms. The molecule has 0 atom stereocenters. The van der Waals surface area contributed by atoms with Gasteiger partial charge in [-0.1, -0.05) is 89.5 Å². The van der Waals surface area contributed by atoms with Gasteiger partial charge in [0.05, 0.1) is 0 Å². The fourth-order valence-electron chi connectivity index (χ4n) is 5.46. The summed E-state index contributed by atoms with van der Waals surface area (Å²) in [6.45, 7) is 6.40. The van der Waals surface area contributed by atoms with Crippen molar-refractivity contribution in [1.29, 1.82) is 0 Å². The van der Waals surface area contributed by atoms with Crippen molar-refractivity contribution in [2.24, 2.45) is 0 Å². The largest absolute Gasteiger partial charge is 0.245 e. The van der Waals surface area contributed by atoms with Crippen LogP contribution in [0.1, 0.15) is 16.7 Å². The van der Waals surface area contributed by atoms with Crippen LogP contribution in [-0.2, 0) is 0 Å². The number of hydrogen-bond donors (Lipinski definition) is 0. The van der Waals surface area contributed by atoms with Gasteiger partial charge in [-0.25, -0.2) is 15.0 Å². The predicted octanol–water partition coefficient (Wildman–Crippen LogP) is 11.0. The Balaban J connectivity index is 1.78. The third-order valence-electron chi connectivity index (χ3n) is 7.46. The second kappa shape index (κ2) is 11.2. The second-order valence-corrected chi connectivity index (χ2v) is 13.0. The van der Waals surface area contributed by atoms with Crippen molar-refractivity contribution in [3.8, 4) is 65.1 Å². The van der Waals surface area contributed by atoms with Crippen LogP contribution in [0, 0.1) is 20.8 Å². The Morgan fingerprint density at radius 1 is 0.357 bits per heavy atom. The third kappa shape index (κ3) is 4.81. The van der Waals surface area contributed by atoms with Crippen LogP contribution in [0.3, 0.4) is 0 Å². The minimum absolute atomic E-state index is 0.979. The van der Waals surface area contributed by atoms with E-state index in [-0.39, 0.29) is 0 Å². The molecule has 42 heavy (non-hydrogen) atoms. The molecular formula is C36H27N3S3. The van der Waals surface area contributed by atoms with Gasteiger partial charge in [0.25, 0.3) is 0 Å². The second-order valence-electron chi connectivity index (χ2n) is 10.4. The van der Waals surface area contributed by atoms with Gasteiger partial charge in [0.2, 0.25) is 0 Å². The monoisotopic (exact) mass is 597 g/mol. The van der Waals surface area contributed by atoms with Crippen LogP contribution in [0.5, 0.6) is 0 Å². The van der Waals surface area contributed by atoms with E-state index in [1.54, 1.807) is 34.0 Å². The summed E-state index contributed by atoms with van der Waals surface area (Å²) in [5.74, 6) is 0. The summed E-state index contributed by atoms with van der Waals surface area (Å²) < 4.78 is 0. The summed E-state index contributed by atoms with van der Waals surface area (Å²) in [7, 11) is 0. The summed E-state index contributed by atoms with van der Waals surface area (Å²) in [6.07, 6.45) is 5.70. The first-order valence-electron chi connectivity index (χ1n) is 13.7. The lowest BCUT2D eigenvalue weighted by Crippen LogP contribution is -2.02. The van der Waals surface area contributed by atoms with E-state index in [2.05, 4.69) is 110 Å². The first kappa shape index (κ1) is 26.7. The van der Waals surface area contributed by atoms with Gasteiger partial charge < -0.3 is 0 Å². The molecule has 3 nitrogen and oxygen atoms in total. The predicted molar refractivity (Wildman–Crippen MR) is 180 cm³/mol. The molecule has 0 N–H and O–H groups in total. The van der Waals surface area contributed by atoms with Gasteiger partial charge in [0.1, 0.15) is 15.0 Å². The lowest BCUT2D eigenvalue weighted by molar-refractivity contribution is 1.37. The van der Waals surface area contributed by atoms with Crippen molar-refractivity contribution in [2.45, 2.75) is 20.8 Å². The van der Waals surface area contributed by atoms with Crippen molar-refractivity contribution in [3.63, 3.8) is 0 Å². The molecule has 0 aliphatic rings. The minimum Gasteiger partial charge on any atom is -0.245 e. The smallest absolute Gasteiger partial charge is 0.124 e. The number of nitrogens with zero attached hydrogens (tertiary/aromatic N) is 3. The van der Waals surface area contributed by atoms with E-state index < -0.39 is 0 Å². The summed E-state index contributed by atoms with van der Waals surface area (Å²) in [5, 5.41) is 9.12. The SMILES string of the molecule is Cc1ccc(-c2c(-c3nccs3)c(-c3ccc(C)cc3)c(-c3nccs3)c(-c3ccc(C)cc3)c2-c2nccs2)cc1. The summed E-state index contributed by atoms with van der Waals surface area (Å²) in [5.41, 5.74) is 13.9. The Morgan fingerprint density at radius 3 is 0.833 bits per heavy atom. The fourth-order valence-corrected chi connectivity index (χ4v) is 7.54. The van der Waals surface area contributed by atoms with Gasteiger partial charge in [0, 0.05) is 68.1 Å². The van der Waals surface area contributed by atoms with Crippen LogP contribution >= 0.6 is 34.0 Å². The zero-order valence-electron chi connectivity index (χ0n) is 23.5. The van der Waals surface area contributed by atoms with Crippen molar-refractivity contribution in [1.82, 2.24) is 15.0 Å². The number of rotatable bonds is 6. The minimum atomic E-state index is 0.979. The zero-order valence-corrected chi connectivity index (χ0v) is 25.9. The lowest BCUT2D eigenvalue weighted by Gasteiger charge is -2.26. The molecule has 7 rings (SSSR count). The Morgan fingerprint density at radius 2 is 0.619 bits per heavy atom. The lowest BCUT2D eigenvalue weighted by atomic mass is 9.79. The standard InChI is InChI=1S/C36H27N3S3/c1-22-4-10-25(11-5-22)28-31(34-37-16-19-40-34)29(26-12-6-23(2)7-13-26)33(36-39-18-21-42-36)30(27-14-8-24(3)9-15-27)32(28)35-38-17-20-41-35/h4-21H,1-3H3. The molecule has 7 aromatic rings. The molecule has 0 radical (unpaired) electrons. The highest BCUT2D eigenvalue weighted by atomic mass is 32.1. The number of benzene rings is 4. The molecule has 0 fully saturated rings. The highest BCUT2D eigenvalue weighted by Crippen LogP contribution is 2.56. The van der Waals surface area contributed by atoms with E-state index in [1.807, 2.05) is 18.6 Å². The average Bonchev–Trinajstić information content (AvgIpc) is 3.82. The van der Waals surface area contributed by atoms with E-state index in [0.717, 1.165) is 65.1 Å². The van der Waals surface area contributed by atoms with Crippen molar-refractivity contribution < 1.29 is 0 Å². The third-order valence-corrected chi connectivity index (χ3v) is 9.83. The Kier molecular flexibility index (Phi) is 7.12. The Bertz CT molecular complexity index is 1700. The highest BCUT2D eigenvalue weighted by Gasteiger charge is 2.31. The van der Waals surface area contributed by atoms with Crippen LogP contribution in [0.4, 0.5) is 0 Å². The maximum atomic E-state index is 4.94. The molecule has 0 aliphatic carbocycles. The number of hydrogen-bond acceptors (Lipinski definition) is 6. The molecule has 0 saturated heterocycles. The van der Waals surface area contributed by atoms with E-state index >= 15 is 0 Å². The molecule has 3 aromatic heterocycles. The van der Waals surface area contributed by atoms with Crippen molar-refractivity contribution in [2.75, 3.05) is 0 Å². The molecule has 0 spiro atoms. The molecule has 0 saturated carbocycles. The fraction of sp³-hybridized carbons (Fsp3) is 0.0833. The van der Waals surface area contributed by atoms with E-state index in [9.17, 15) is 0 Å². The van der Waals surface area contributed by atoms with Crippen molar-refractivity contribution >= 4 is 34.0 Å². The molecule has 3 heterocycles. The van der Waals surface area contributed by atoms with E-state index in [1.165, 1.54) is 16.7 Å². The molecule has 4 aromatic carbocycles. The maximum absolute atomic E-state index is 4.94. The first-order chi connectivity index (χ1) is 20.6. The zero-order chi connectivity index (χ0) is 28.6. The maximum Gasteiger partial charge on any atom is 0.124 e. The molecule has 204 valence electrons. The molecular weight excluding hydrogens is 571 g/mol. The van der Waals surface area contributed by atoms with Gasteiger partial charge in [-0.2, -0.15) is 0 Å². The number of thiazole rings is 3. The van der Waals surface area contributed by atoms with Gasteiger partial charge in [0.15, 0.2) is 0 Å². The van der Waals surface area contributed by atoms with Gasteiger partial charge in [-0.3, -0.25) is 0 Å². The van der Waals surface area contributed by atoms with Gasteiger partial charge in [-0.15, -0.1) is 34.0 Å². The average molecular weight is 598 g/mol. The van der Waals surface area contributed by atoms with Crippen LogP contribution in [-0.4, -0.2) is 15.0 Å². The van der Waals surface area contributed by atoms with Crippen LogP contribution in [0.15, 0.2) is 108 Å². The summed E-state index contributed by atoms with van der Waals surface area (Å²) in [6, 6.07) is 26.6. The molecule has 6 heteroatoms. The Hall–Kier alpha value is -4.23. The first-order valence-corrected chi connectivity index (χ1v) is 16.4. The van der Waals surface area contributed by atoms with Crippen LogP contribution in [0.25, 0.3) is 65.1 Å². The molecule has 0 amide bonds. The normalized spacial score (nSPS) is 11.2. The van der Waals surface area contributed by atoms with Crippen LogP contribution in [0.2, 0.25) is 0 Å². The Labute approximate surface area is 257 Å². The quantitative estimate of drug-likeness (QED) is 0.191. The summed E-state index contributed by atoms with van der Waals surface area (Å²) in [4.78, 5) is 14.8. The van der Waals surface area contributed by atoms with E-state index in [0.29, 0.717) is 0 Å². The van der Waals surface area contributed by atoms with E-state index in [4.69, 9.17) is 15.0 Å². The molecule has 0 aliphatic heterocycles. The summed E-state index contributed by atoms with van der Waals surface area (Å²) >= 11 is 5.01. The highest BCUT2D eigenvalue weighted by molar-refractivity contribution is 7.14. The van der Waals surface area contributed by atoms with Crippen molar-refractivity contribution in [3.05, 3.63) is 124 Å². The van der Waals surface area contributed by atoms with Gasteiger partial charge >= 0.3 is 0 Å². The molecule has 0 unspecified atom stereocenters.